The minimum absolute atomic E-state index is 0.364. The van der Waals surface area contributed by atoms with Crippen molar-refractivity contribution in [3.63, 3.8) is 0 Å². The number of rotatable bonds is 7. The summed E-state index contributed by atoms with van der Waals surface area (Å²) in [6, 6.07) is 4.15. The largest absolute Gasteiger partial charge is 0.389 e. The van der Waals surface area contributed by atoms with Gasteiger partial charge in [0, 0.05) is 18.0 Å². The van der Waals surface area contributed by atoms with Crippen LogP contribution in [0, 0.1) is 5.92 Å². The fourth-order valence-electron chi connectivity index (χ4n) is 2.48. The zero-order valence-corrected chi connectivity index (χ0v) is 12.5. The molecule has 0 saturated heterocycles. The standard InChI is InChI=1S/C15H25NO2S/c1-12-4-6-14(7-5-12)18-11-13(17)9-16-10-15-3-2-8-19-15/h2-3,8,12-14,16-17H,4-7,9-11H2,1H3. The summed E-state index contributed by atoms with van der Waals surface area (Å²) in [5.74, 6) is 0.845. The summed E-state index contributed by atoms with van der Waals surface area (Å²) in [6.45, 7) is 4.19. The van der Waals surface area contributed by atoms with E-state index in [1.54, 1.807) is 11.3 Å². The number of hydrogen-bond donors (Lipinski definition) is 2. The highest BCUT2D eigenvalue weighted by molar-refractivity contribution is 7.09. The fraction of sp³-hybridized carbons (Fsp3) is 0.733. The van der Waals surface area contributed by atoms with Gasteiger partial charge in [-0.05, 0) is 43.0 Å². The minimum Gasteiger partial charge on any atom is -0.389 e. The van der Waals surface area contributed by atoms with Gasteiger partial charge in [0.15, 0.2) is 0 Å². The Morgan fingerprint density at radius 1 is 1.42 bits per heavy atom. The average molecular weight is 283 g/mol. The van der Waals surface area contributed by atoms with Gasteiger partial charge in [-0.2, -0.15) is 0 Å². The third kappa shape index (κ3) is 5.61. The zero-order chi connectivity index (χ0) is 13.5. The molecule has 1 unspecified atom stereocenters. The lowest BCUT2D eigenvalue weighted by molar-refractivity contribution is -0.0278. The zero-order valence-electron chi connectivity index (χ0n) is 11.7. The van der Waals surface area contributed by atoms with Crippen molar-refractivity contribution in [1.82, 2.24) is 5.32 Å². The Balaban J connectivity index is 1.53. The molecule has 1 aromatic rings. The highest BCUT2D eigenvalue weighted by Crippen LogP contribution is 2.25. The van der Waals surface area contributed by atoms with Gasteiger partial charge in [0.2, 0.25) is 0 Å². The second-order valence-electron chi connectivity index (χ2n) is 5.58. The van der Waals surface area contributed by atoms with Crippen molar-refractivity contribution >= 4 is 11.3 Å². The first-order chi connectivity index (χ1) is 9.24. The van der Waals surface area contributed by atoms with E-state index in [0.29, 0.717) is 19.3 Å². The Hall–Kier alpha value is -0.420. The lowest BCUT2D eigenvalue weighted by Crippen LogP contribution is -2.32. The van der Waals surface area contributed by atoms with Crippen LogP contribution in [0.3, 0.4) is 0 Å². The first-order valence-corrected chi connectivity index (χ1v) is 8.14. The Kier molecular flexibility index (Phi) is 6.31. The smallest absolute Gasteiger partial charge is 0.0897 e. The second kappa shape index (κ2) is 8.00. The normalized spacial score (nSPS) is 25.4. The summed E-state index contributed by atoms with van der Waals surface area (Å²) in [7, 11) is 0. The topological polar surface area (TPSA) is 41.5 Å². The van der Waals surface area contributed by atoms with E-state index in [1.165, 1.54) is 17.7 Å². The van der Waals surface area contributed by atoms with Gasteiger partial charge in [-0.15, -0.1) is 11.3 Å². The molecule has 1 saturated carbocycles. The van der Waals surface area contributed by atoms with E-state index < -0.39 is 6.10 Å². The lowest BCUT2D eigenvalue weighted by Gasteiger charge is -2.27. The Bertz CT molecular complexity index is 334. The summed E-state index contributed by atoms with van der Waals surface area (Å²) < 4.78 is 5.79. The summed E-state index contributed by atoms with van der Waals surface area (Å²) in [5.41, 5.74) is 0. The van der Waals surface area contributed by atoms with Crippen molar-refractivity contribution in [3.05, 3.63) is 22.4 Å². The number of thiophene rings is 1. The molecule has 1 heterocycles. The van der Waals surface area contributed by atoms with Crippen molar-refractivity contribution in [1.29, 1.82) is 0 Å². The lowest BCUT2D eigenvalue weighted by atomic mass is 9.89. The molecule has 0 aliphatic heterocycles. The van der Waals surface area contributed by atoms with Crippen LogP contribution in [0.4, 0.5) is 0 Å². The van der Waals surface area contributed by atoms with Crippen LogP contribution in [-0.2, 0) is 11.3 Å². The van der Waals surface area contributed by atoms with Crippen molar-refractivity contribution in [2.75, 3.05) is 13.2 Å². The number of nitrogens with one attached hydrogen (secondary N) is 1. The molecule has 3 nitrogen and oxygen atoms in total. The molecular formula is C15H25NO2S. The van der Waals surface area contributed by atoms with E-state index in [4.69, 9.17) is 4.74 Å². The summed E-state index contributed by atoms with van der Waals surface area (Å²) in [5, 5.41) is 15.2. The fourth-order valence-corrected chi connectivity index (χ4v) is 3.15. The molecule has 1 aliphatic rings. The third-order valence-electron chi connectivity index (χ3n) is 3.75. The number of aliphatic hydroxyl groups excluding tert-OH is 1. The van der Waals surface area contributed by atoms with E-state index in [1.807, 2.05) is 6.07 Å². The molecule has 1 aliphatic carbocycles. The maximum absolute atomic E-state index is 9.88. The molecule has 2 rings (SSSR count). The molecule has 108 valence electrons. The Morgan fingerprint density at radius 3 is 2.89 bits per heavy atom. The molecule has 0 amide bonds. The van der Waals surface area contributed by atoms with Crippen molar-refractivity contribution in [3.8, 4) is 0 Å². The maximum Gasteiger partial charge on any atom is 0.0897 e. The summed E-state index contributed by atoms with van der Waals surface area (Å²) >= 11 is 1.74. The molecule has 2 N–H and O–H groups in total. The van der Waals surface area contributed by atoms with Crippen LogP contribution in [0.2, 0.25) is 0 Å². The third-order valence-corrected chi connectivity index (χ3v) is 4.62. The van der Waals surface area contributed by atoms with E-state index in [0.717, 1.165) is 25.3 Å². The maximum atomic E-state index is 9.88. The van der Waals surface area contributed by atoms with E-state index in [-0.39, 0.29) is 0 Å². The SMILES string of the molecule is CC1CCC(OCC(O)CNCc2cccs2)CC1. The van der Waals surface area contributed by atoms with Crippen LogP contribution in [0.15, 0.2) is 17.5 Å². The van der Waals surface area contributed by atoms with Gasteiger partial charge < -0.3 is 15.2 Å². The molecule has 0 spiro atoms. The predicted octanol–water partition coefficient (Wildman–Crippen LogP) is 2.79. The van der Waals surface area contributed by atoms with Gasteiger partial charge in [0.25, 0.3) is 0 Å². The van der Waals surface area contributed by atoms with E-state index in [2.05, 4.69) is 23.7 Å². The molecule has 4 heteroatoms. The van der Waals surface area contributed by atoms with Gasteiger partial charge in [-0.1, -0.05) is 13.0 Å². The number of hydrogen-bond acceptors (Lipinski definition) is 4. The van der Waals surface area contributed by atoms with Crippen molar-refractivity contribution < 1.29 is 9.84 Å². The summed E-state index contributed by atoms with van der Waals surface area (Å²) in [4.78, 5) is 1.30. The molecule has 0 bridgehead atoms. The monoisotopic (exact) mass is 283 g/mol. The van der Waals surface area contributed by atoms with E-state index in [9.17, 15) is 5.11 Å². The molecule has 0 radical (unpaired) electrons. The van der Waals surface area contributed by atoms with Crippen LogP contribution in [0.5, 0.6) is 0 Å². The molecule has 19 heavy (non-hydrogen) atoms. The van der Waals surface area contributed by atoms with Gasteiger partial charge in [0.1, 0.15) is 0 Å². The van der Waals surface area contributed by atoms with Crippen LogP contribution < -0.4 is 5.32 Å². The predicted molar refractivity (Wildman–Crippen MR) is 79.4 cm³/mol. The highest BCUT2D eigenvalue weighted by Gasteiger charge is 2.19. The number of ether oxygens (including phenoxy) is 1. The van der Waals surface area contributed by atoms with Crippen molar-refractivity contribution in [2.45, 2.75) is 51.4 Å². The second-order valence-corrected chi connectivity index (χ2v) is 6.61. The van der Waals surface area contributed by atoms with Gasteiger partial charge in [-0.3, -0.25) is 0 Å². The first-order valence-electron chi connectivity index (χ1n) is 7.27. The van der Waals surface area contributed by atoms with Crippen LogP contribution in [0.25, 0.3) is 0 Å². The Morgan fingerprint density at radius 2 is 2.21 bits per heavy atom. The highest BCUT2D eigenvalue weighted by atomic mass is 32.1. The summed E-state index contributed by atoms with van der Waals surface area (Å²) in [6.07, 6.45) is 4.78. The average Bonchev–Trinajstić information content (AvgIpc) is 2.91. The van der Waals surface area contributed by atoms with Crippen LogP contribution in [-0.4, -0.2) is 30.5 Å². The van der Waals surface area contributed by atoms with Gasteiger partial charge >= 0.3 is 0 Å². The molecular weight excluding hydrogens is 258 g/mol. The van der Waals surface area contributed by atoms with Crippen molar-refractivity contribution in [2.24, 2.45) is 5.92 Å². The first kappa shape index (κ1) is 15.0. The number of aliphatic hydroxyl groups is 1. The quantitative estimate of drug-likeness (QED) is 0.808. The van der Waals surface area contributed by atoms with E-state index >= 15 is 0 Å². The molecule has 1 aromatic heterocycles. The Labute approximate surface area is 120 Å². The molecule has 1 atom stereocenters. The molecule has 0 aromatic carbocycles. The van der Waals surface area contributed by atoms with Crippen LogP contribution >= 0.6 is 11.3 Å². The van der Waals surface area contributed by atoms with Gasteiger partial charge in [-0.25, -0.2) is 0 Å². The minimum atomic E-state index is -0.403. The van der Waals surface area contributed by atoms with Crippen LogP contribution in [0.1, 0.15) is 37.5 Å². The molecule has 1 fully saturated rings. The van der Waals surface area contributed by atoms with Gasteiger partial charge in [0.05, 0.1) is 18.8 Å².